The first-order chi connectivity index (χ1) is 7.71. The fraction of sp³-hybridized carbons (Fsp3) is 0.385. The third-order valence-electron chi connectivity index (χ3n) is 2.33. The van der Waals surface area contributed by atoms with Crippen LogP contribution in [0.15, 0.2) is 30.9 Å². The summed E-state index contributed by atoms with van der Waals surface area (Å²) >= 11 is 0. The number of rotatable bonds is 6. The molecule has 1 rings (SSSR count). The van der Waals surface area contributed by atoms with Crippen LogP contribution in [0.4, 0.5) is 0 Å². The summed E-state index contributed by atoms with van der Waals surface area (Å²) in [5, 5.41) is 0. The monoisotopic (exact) mass is 221 g/mol. The molecule has 0 saturated heterocycles. The first-order valence-electron chi connectivity index (χ1n) is 5.37. The lowest BCUT2D eigenvalue weighted by molar-refractivity contribution is 0.267. The van der Waals surface area contributed by atoms with E-state index < -0.39 is 0 Å². The van der Waals surface area contributed by atoms with Gasteiger partial charge in [0.25, 0.3) is 0 Å². The predicted molar refractivity (Wildman–Crippen MR) is 66.0 cm³/mol. The molecular weight excluding hydrogens is 202 g/mol. The van der Waals surface area contributed by atoms with E-state index in [4.69, 9.17) is 15.2 Å². The quantitative estimate of drug-likeness (QED) is 0.749. The summed E-state index contributed by atoms with van der Waals surface area (Å²) in [5.41, 5.74) is 6.63. The van der Waals surface area contributed by atoms with Crippen LogP contribution in [-0.2, 0) is 6.42 Å². The van der Waals surface area contributed by atoms with E-state index in [0.29, 0.717) is 6.54 Å². The molecule has 1 aromatic rings. The number of hydrogen-bond acceptors (Lipinski definition) is 3. The normalized spacial score (nSPS) is 11.9. The van der Waals surface area contributed by atoms with E-state index in [0.717, 1.165) is 23.5 Å². The van der Waals surface area contributed by atoms with Gasteiger partial charge in [-0.15, -0.1) is 0 Å². The fourth-order valence-corrected chi connectivity index (χ4v) is 1.40. The molecule has 0 aromatic heterocycles. The van der Waals surface area contributed by atoms with E-state index >= 15 is 0 Å². The van der Waals surface area contributed by atoms with Gasteiger partial charge in [0.1, 0.15) is 17.6 Å². The van der Waals surface area contributed by atoms with E-state index in [9.17, 15) is 0 Å². The lowest BCUT2D eigenvalue weighted by atomic mass is 10.1. The maximum Gasteiger partial charge on any atom is 0.123 e. The Bertz CT molecular complexity index is 350. The predicted octanol–water partition coefficient (Wildman–Crippen LogP) is 2.15. The van der Waals surface area contributed by atoms with Crippen LogP contribution in [0.2, 0.25) is 0 Å². The fourth-order valence-electron chi connectivity index (χ4n) is 1.40. The van der Waals surface area contributed by atoms with Crippen LogP contribution in [0, 0.1) is 0 Å². The maximum absolute atomic E-state index is 5.72. The van der Waals surface area contributed by atoms with E-state index in [1.807, 2.05) is 25.1 Å². The number of hydrogen-bond donors (Lipinski definition) is 1. The zero-order valence-corrected chi connectivity index (χ0v) is 9.90. The summed E-state index contributed by atoms with van der Waals surface area (Å²) in [7, 11) is 1.65. The Morgan fingerprint density at radius 3 is 2.81 bits per heavy atom. The van der Waals surface area contributed by atoms with E-state index in [1.54, 1.807) is 13.2 Å². The van der Waals surface area contributed by atoms with Gasteiger partial charge < -0.3 is 15.2 Å². The Hall–Kier alpha value is -1.48. The minimum Gasteiger partial charge on any atom is -0.497 e. The van der Waals surface area contributed by atoms with E-state index in [-0.39, 0.29) is 6.10 Å². The largest absolute Gasteiger partial charge is 0.497 e. The van der Waals surface area contributed by atoms with Gasteiger partial charge in [0.05, 0.1) is 7.11 Å². The number of benzene rings is 1. The highest BCUT2D eigenvalue weighted by atomic mass is 16.5. The zero-order valence-electron chi connectivity index (χ0n) is 9.90. The molecule has 0 bridgehead atoms. The molecule has 88 valence electrons. The highest BCUT2D eigenvalue weighted by Crippen LogP contribution is 2.25. The van der Waals surface area contributed by atoms with Gasteiger partial charge in [-0.3, -0.25) is 0 Å². The molecule has 2 N–H and O–H groups in total. The average molecular weight is 221 g/mol. The minimum absolute atomic E-state index is 0.00933. The van der Waals surface area contributed by atoms with Crippen molar-refractivity contribution in [2.24, 2.45) is 5.73 Å². The van der Waals surface area contributed by atoms with Crippen molar-refractivity contribution in [3.8, 4) is 11.5 Å². The Morgan fingerprint density at radius 2 is 2.25 bits per heavy atom. The molecule has 1 atom stereocenters. The Balaban J connectivity index is 2.92. The lowest BCUT2D eigenvalue weighted by Gasteiger charge is -2.15. The summed E-state index contributed by atoms with van der Waals surface area (Å²) in [4.78, 5) is 0. The van der Waals surface area contributed by atoms with Crippen LogP contribution < -0.4 is 15.2 Å². The zero-order chi connectivity index (χ0) is 12.0. The number of methoxy groups -OCH3 is 1. The number of nitrogens with two attached hydrogens (primary N) is 1. The molecule has 1 aromatic carbocycles. The Kier molecular flexibility index (Phi) is 4.86. The van der Waals surface area contributed by atoms with E-state index in [2.05, 4.69) is 6.58 Å². The average Bonchev–Trinajstić information content (AvgIpc) is 2.31. The topological polar surface area (TPSA) is 44.5 Å². The van der Waals surface area contributed by atoms with Gasteiger partial charge in [-0.1, -0.05) is 12.7 Å². The molecule has 0 heterocycles. The molecule has 0 amide bonds. The first kappa shape index (κ1) is 12.6. The van der Waals surface area contributed by atoms with Crippen LogP contribution in [0.3, 0.4) is 0 Å². The Morgan fingerprint density at radius 1 is 1.50 bits per heavy atom. The maximum atomic E-state index is 5.72. The second-order valence-corrected chi connectivity index (χ2v) is 3.57. The van der Waals surface area contributed by atoms with Gasteiger partial charge in [0, 0.05) is 0 Å². The molecule has 3 nitrogen and oxygen atoms in total. The highest BCUT2D eigenvalue weighted by Gasteiger charge is 2.07. The van der Waals surface area contributed by atoms with Crippen molar-refractivity contribution < 1.29 is 9.47 Å². The molecule has 16 heavy (non-hydrogen) atoms. The van der Waals surface area contributed by atoms with Crippen molar-refractivity contribution in [1.29, 1.82) is 0 Å². The van der Waals surface area contributed by atoms with Gasteiger partial charge in [0.2, 0.25) is 0 Å². The van der Waals surface area contributed by atoms with Crippen molar-refractivity contribution in [1.82, 2.24) is 0 Å². The molecule has 0 aliphatic carbocycles. The highest BCUT2D eigenvalue weighted by molar-refractivity contribution is 5.40. The number of ether oxygens (including phenoxy) is 2. The van der Waals surface area contributed by atoms with Crippen molar-refractivity contribution in [3.05, 3.63) is 36.4 Å². The van der Waals surface area contributed by atoms with Gasteiger partial charge in [0.15, 0.2) is 0 Å². The summed E-state index contributed by atoms with van der Waals surface area (Å²) in [5.74, 6) is 1.67. The summed E-state index contributed by atoms with van der Waals surface area (Å²) in [6.07, 6.45) is 2.53. The molecule has 0 aliphatic rings. The molecular formula is C13H19NO2. The minimum atomic E-state index is -0.00933. The molecule has 0 fully saturated rings. The molecule has 0 aliphatic heterocycles. The molecule has 3 heteroatoms. The first-order valence-corrected chi connectivity index (χ1v) is 5.37. The summed E-state index contributed by atoms with van der Waals surface area (Å²) in [6.45, 7) is 6.23. The molecule has 0 radical (unpaired) electrons. The van der Waals surface area contributed by atoms with Crippen LogP contribution in [0.5, 0.6) is 11.5 Å². The molecule has 0 saturated carbocycles. The van der Waals surface area contributed by atoms with Crippen molar-refractivity contribution in [2.75, 3.05) is 13.7 Å². The third kappa shape index (κ3) is 3.28. The molecule has 1 unspecified atom stereocenters. The van der Waals surface area contributed by atoms with Crippen LogP contribution in [0.1, 0.15) is 12.5 Å². The van der Waals surface area contributed by atoms with Crippen LogP contribution in [0.25, 0.3) is 0 Å². The second-order valence-electron chi connectivity index (χ2n) is 3.57. The smallest absolute Gasteiger partial charge is 0.123 e. The molecule has 0 spiro atoms. The second kappa shape index (κ2) is 6.18. The van der Waals surface area contributed by atoms with Crippen molar-refractivity contribution in [2.45, 2.75) is 19.4 Å². The van der Waals surface area contributed by atoms with Crippen LogP contribution >= 0.6 is 0 Å². The third-order valence-corrected chi connectivity index (χ3v) is 2.33. The van der Waals surface area contributed by atoms with Gasteiger partial charge in [-0.25, -0.2) is 0 Å². The van der Waals surface area contributed by atoms with E-state index in [1.165, 1.54) is 0 Å². The SMILES string of the molecule is C=CC(C)Oc1ccc(OC)cc1CCN. The van der Waals surface area contributed by atoms with Crippen LogP contribution in [-0.4, -0.2) is 19.8 Å². The summed E-state index contributed by atoms with van der Waals surface area (Å²) < 4.78 is 10.9. The Labute approximate surface area is 96.9 Å². The van der Waals surface area contributed by atoms with Crippen molar-refractivity contribution in [3.63, 3.8) is 0 Å². The van der Waals surface area contributed by atoms with Crippen molar-refractivity contribution >= 4 is 0 Å². The van der Waals surface area contributed by atoms with Gasteiger partial charge in [-0.05, 0) is 43.7 Å². The van der Waals surface area contributed by atoms with Gasteiger partial charge >= 0.3 is 0 Å². The van der Waals surface area contributed by atoms with Gasteiger partial charge in [-0.2, -0.15) is 0 Å². The summed E-state index contributed by atoms with van der Waals surface area (Å²) in [6, 6.07) is 5.74. The standard InChI is InChI=1S/C13H19NO2/c1-4-10(2)16-13-6-5-12(15-3)9-11(13)7-8-14/h4-6,9-10H,1,7-8,14H2,2-3H3. The lowest BCUT2D eigenvalue weighted by Crippen LogP contribution is -2.11.